The average Bonchev–Trinajstić information content (AvgIpc) is 3.82. The molecule has 1 aliphatic heterocycles. The molecule has 1 saturated carbocycles. The number of hydrogen-bond donors (Lipinski definition) is 3. The summed E-state index contributed by atoms with van der Waals surface area (Å²) < 4.78 is 54.4. The van der Waals surface area contributed by atoms with Gasteiger partial charge < -0.3 is 35.1 Å². The fourth-order valence-electron chi connectivity index (χ4n) is 5.50. The second-order valence-corrected chi connectivity index (χ2v) is 13.5. The first-order valence-corrected chi connectivity index (χ1v) is 16.2. The van der Waals surface area contributed by atoms with Gasteiger partial charge in [0.2, 0.25) is 11.9 Å². The number of carbonyl (C=O) groups is 2. The van der Waals surface area contributed by atoms with E-state index >= 15 is 0 Å². The number of likely N-dealkylation sites (tertiary alicyclic amines) is 1. The molecule has 2 aliphatic rings. The van der Waals surface area contributed by atoms with Crippen molar-refractivity contribution in [2.24, 2.45) is 5.92 Å². The van der Waals surface area contributed by atoms with E-state index in [-0.39, 0.29) is 17.8 Å². The fourth-order valence-corrected chi connectivity index (χ4v) is 5.63. The van der Waals surface area contributed by atoms with E-state index < -0.39 is 48.0 Å². The number of esters is 1. The van der Waals surface area contributed by atoms with Crippen LogP contribution in [0, 0.1) is 5.92 Å². The molecule has 0 radical (unpaired) electrons. The van der Waals surface area contributed by atoms with Crippen molar-refractivity contribution in [2.75, 3.05) is 42.8 Å². The molecule has 0 bridgehead atoms. The van der Waals surface area contributed by atoms with Gasteiger partial charge in [-0.1, -0.05) is 23.7 Å². The van der Waals surface area contributed by atoms with Gasteiger partial charge in [-0.15, -0.1) is 0 Å². The van der Waals surface area contributed by atoms with Crippen LogP contribution in [0.3, 0.4) is 0 Å². The number of hydrogen-bond acceptors (Lipinski definition) is 11. The van der Waals surface area contributed by atoms with Crippen LogP contribution in [-0.4, -0.2) is 76.5 Å². The molecule has 3 aromatic rings. The number of piperidine rings is 1. The number of methoxy groups -OCH3 is 1. The molecule has 2 aromatic carbocycles. The number of halogens is 4. The molecule has 2 atom stereocenters. The Hall–Kier alpha value is -4.53. The molecular weight excluding hydrogens is 667 g/mol. The normalized spacial score (nSPS) is 17.8. The largest absolute Gasteiger partial charge is 0.467 e. The Morgan fingerprint density at radius 2 is 1.65 bits per heavy atom. The third kappa shape index (κ3) is 10.00. The first-order valence-electron chi connectivity index (χ1n) is 15.8. The number of aromatic nitrogens is 3. The summed E-state index contributed by atoms with van der Waals surface area (Å²) >= 11 is 6.04. The number of nitrogens with zero attached hydrogens (tertiary/aromatic N) is 4. The van der Waals surface area contributed by atoms with Crippen LogP contribution in [0.1, 0.15) is 52.0 Å². The highest BCUT2D eigenvalue weighted by atomic mass is 35.5. The molecule has 1 amide bonds. The van der Waals surface area contributed by atoms with E-state index in [1.165, 1.54) is 7.11 Å². The summed E-state index contributed by atoms with van der Waals surface area (Å²) in [5.74, 6) is -0.712. The first kappa shape index (κ1) is 35.8. The minimum Gasteiger partial charge on any atom is -0.467 e. The van der Waals surface area contributed by atoms with Gasteiger partial charge in [0.25, 0.3) is 0 Å². The zero-order valence-electron chi connectivity index (χ0n) is 27.6. The van der Waals surface area contributed by atoms with E-state index in [4.69, 9.17) is 25.8 Å². The van der Waals surface area contributed by atoms with Crippen molar-refractivity contribution in [2.45, 2.75) is 69.8 Å². The van der Waals surface area contributed by atoms with Crippen LogP contribution in [0.2, 0.25) is 5.02 Å². The molecule has 2 heterocycles. The summed E-state index contributed by atoms with van der Waals surface area (Å²) in [4.78, 5) is 39.7. The zero-order valence-corrected chi connectivity index (χ0v) is 28.3. The van der Waals surface area contributed by atoms with Crippen LogP contribution >= 0.6 is 11.6 Å². The van der Waals surface area contributed by atoms with Gasteiger partial charge >= 0.3 is 24.2 Å². The highest BCUT2D eigenvalue weighted by Gasteiger charge is 2.45. The maximum absolute atomic E-state index is 13.0. The number of alkyl halides is 3. The van der Waals surface area contributed by atoms with E-state index in [0.717, 1.165) is 18.4 Å². The molecule has 12 nitrogen and oxygen atoms in total. The number of anilines is 4. The zero-order chi connectivity index (χ0) is 35.4. The Morgan fingerprint density at radius 3 is 2.27 bits per heavy atom. The number of carbonyl (C=O) groups excluding carboxylic acids is 2. The quantitative estimate of drug-likeness (QED) is 0.179. The molecule has 2 unspecified atom stereocenters. The third-order valence-electron chi connectivity index (χ3n) is 7.98. The molecular formula is C33H39ClF3N7O5. The number of benzene rings is 2. The summed E-state index contributed by atoms with van der Waals surface area (Å²) in [6.07, 6.45) is -2.13. The lowest BCUT2D eigenvalue weighted by atomic mass is 9.90. The number of nitrogens with one attached hydrogen (secondary N) is 3. The van der Waals surface area contributed by atoms with Gasteiger partial charge in [0.05, 0.1) is 12.6 Å². The van der Waals surface area contributed by atoms with E-state index in [0.29, 0.717) is 42.3 Å². The Morgan fingerprint density at radius 1 is 1.00 bits per heavy atom. The Bertz CT molecular complexity index is 1620. The molecule has 1 aliphatic carbocycles. The molecule has 264 valence electrons. The van der Waals surface area contributed by atoms with Crippen molar-refractivity contribution in [3.8, 4) is 6.01 Å². The van der Waals surface area contributed by atoms with Crippen molar-refractivity contribution in [3.05, 3.63) is 59.1 Å². The first-order chi connectivity index (χ1) is 23.1. The second kappa shape index (κ2) is 14.5. The highest BCUT2D eigenvalue weighted by molar-refractivity contribution is 6.30. The predicted molar refractivity (Wildman–Crippen MR) is 177 cm³/mol. The van der Waals surface area contributed by atoms with Crippen molar-refractivity contribution in [1.82, 2.24) is 19.9 Å². The standard InChI is InChI=1S/C33H39ClF3N7O5/c1-31(2,3)49-30(46)44-17-5-6-20(18-44)25(26(45)47-4)38-23-11-13-24(14-12-23)39-27-40-28(42-29(41-27)48-19-33(35,36)37)43-32(15-16-32)21-7-9-22(34)10-8-21/h7-14,20,25,38H,5-6,15-19H2,1-4H3,(H2,39,40,41,42,43). The van der Waals surface area contributed by atoms with E-state index in [1.54, 1.807) is 62.1 Å². The number of ether oxygens (including phenoxy) is 3. The minimum absolute atomic E-state index is 0.0363. The molecule has 1 saturated heterocycles. The third-order valence-corrected chi connectivity index (χ3v) is 8.23. The van der Waals surface area contributed by atoms with Crippen molar-refractivity contribution >= 4 is 46.9 Å². The fraction of sp³-hybridized carbons (Fsp3) is 0.485. The second-order valence-electron chi connectivity index (χ2n) is 13.1. The maximum atomic E-state index is 13.0. The lowest BCUT2D eigenvalue weighted by Crippen LogP contribution is -2.49. The average molecular weight is 706 g/mol. The minimum atomic E-state index is -4.59. The topological polar surface area (TPSA) is 140 Å². The Labute approximate surface area is 287 Å². The van der Waals surface area contributed by atoms with Crippen LogP contribution in [0.4, 0.5) is 41.2 Å². The van der Waals surface area contributed by atoms with Crippen molar-refractivity contribution in [1.29, 1.82) is 0 Å². The molecule has 2 fully saturated rings. The molecule has 1 aromatic heterocycles. The SMILES string of the molecule is COC(=O)C(Nc1ccc(Nc2nc(NC3(c4ccc(Cl)cc4)CC3)nc(OCC(F)(F)F)n2)cc1)C1CCCN(C(=O)OC(C)(C)C)C1. The number of rotatable bonds is 11. The molecule has 3 N–H and O–H groups in total. The van der Waals surface area contributed by atoms with Gasteiger partial charge in [0.15, 0.2) is 6.61 Å². The van der Waals surface area contributed by atoms with Crippen molar-refractivity contribution < 1.29 is 37.0 Å². The van der Waals surface area contributed by atoms with Crippen molar-refractivity contribution in [3.63, 3.8) is 0 Å². The van der Waals surface area contributed by atoms with E-state index in [1.807, 2.05) is 12.1 Å². The van der Waals surface area contributed by atoms with Gasteiger partial charge in [-0.25, -0.2) is 9.59 Å². The van der Waals surface area contributed by atoms with E-state index in [2.05, 4.69) is 30.9 Å². The predicted octanol–water partition coefficient (Wildman–Crippen LogP) is 6.91. The monoisotopic (exact) mass is 705 g/mol. The van der Waals surface area contributed by atoms with Crippen LogP contribution in [-0.2, 0) is 19.8 Å². The van der Waals surface area contributed by atoms with Gasteiger partial charge in [0.1, 0.15) is 11.6 Å². The van der Waals surface area contributed by atoms with Crippen LogP contribution in [0.15, 0.2) is 48.5 Å². The summed E-state index contributed by atoms with van der Waals surface area (Å²) in [7, 11) is 1.31. The summed E-state index contributed by atoms with van der Waals surface area (Å²) in [6.45, 7) is 4.66. The summed E-state index contributed by atoms with van der Waals surface area (Å²) in [5.41, 5.74) is 0.890. The van der Waals surface area contributed by atoms with Gasteiger partial charge in [-0.2, -0.15) is 28.1 Å². The lowest BCUT2D eigenvalue weighted by molar-refractivity contribution is -0.154. The van der Waals surface area contributed by atoms with Gasteiger partial charge in [-0.05, 0) is 88.4 Å². The van der Waals surface area contributed by atoms with Gasteiger partial charge in [-0.3, -0.25) is 0 Å². The van der Waals surface area contributed by atoms with Crippen LogP contribution in [0.25, 0.3) is 0 Å². The lowest BCUT2D eigenvalue weighted by Gasteiger charge is -2.37. The molecule has 0 spiro atoms. The highest BCUT2D eigenvalue weighted by Crippen LogP contribution is 2.48. The summed E-state index contributed by atoms with van der Waals surface area (Å²) in [5, 5.41) is 10.0. The smallest absolute Gasteiger partial charge is 0.422 e. The van der Waals surface area contributed by atoms with Crippen LogP contribution < -0.4 is 20.7 Å². The molecule has 16 heteroatoms. The van der Waals surface area contributed by atoms with E-state index in [9.17, 15) is 22.8 Å². The Kier molecular flexibility index (Phi) is 10.6. The molecule has 5 rings (SSSR count). The number of amides is 1. The summed E-state index contributed by atoms with van der Waals surface area (Å²) in [6, 6.07) is 12.8. The molecule has 49 heavy (non-hydrogen) atoms. The van der Waals surface area contributed by atoms with Gasteiger partial charge in [0, 0.05) is 35.4 Å². The Balaban J connectivity index is 1.30. The maximum Gasteiger partial charge on any atom is 0.422 e. The van der Waals surface area contributed by atoms with Crippen LogP contribution in [0.5, 0.6) is 6.01 Å².